The molecule has 1 aromatic rings. The molecule has 0 heterocycles. The Morgan fingerprint density at radius 1 is 1.46 bits per heavy atom. The van der Waals surface area contributed by atoms with Gasteiger partial charge in [0, 0.05) is 26.4 Å². The van der Waals surface area contributed by atoms with Crippen LogP contribution < -0.4 is 4.74 Å². The maximum Gasteiger partial charge on any atom is 0.120 e. The van der Waals surface area contributed by atoms with Gasteiger partial charge in [0.05, 0.1) is 7.11 Å². The van der Waals surface area contributed by atoms with E-state index in [2.05, 4.69) is 26.7 Å². The average molecular weight is 257 g/mol. The van der Waals surface area contributed by atoms with Crippen molar-refractivity contribution in [1.29, 1.82) is 0 Å². The van der Waals surface area contributed by atoms with Crippen molar-refractivity contribution in [2.24, 2.45) is 0 Å². The maximum absolute atomic E-state index is 5.12. The molecule has 0 unspecified atom stereocenters. The van der Waals surface area contributed by atoms with E-state index in [4.69, 9.17) is 4.74 Å². The topological polar surface area (TPSA) is 9.23 Å². The first kappa shape index (κ1) is 10.5. The van der Waals surface area contributed by atoms with Gasteiger partial charge in [-0.1, -0.05) is 5.92 Å². The molecule has 1 nitrogen and oxygen atoms in total. The van der Waals surface area contributed by atoms with Crippen LogP contribution in [-0.2, 0) is 0 Å². The zero-order valence-corrected chi connectivity index (χ0v) is 9.83. The molecule has 0 amide bonds. The number of benzene rings is 1. The summed E-state index contributed by atoms with van der Waals surface area (Å²) < 4.78 is 5.12. The summed E-state index contributed by atoms with van der Waals surface area (Å²) in [5.41, 5.74) is 1.02. The minimum Gasteiger partial charge on any atom is -0.497 e. The highest BCUT2D eigenvalue weighted by molar-refractivity contribution is 9.12. The lowest BCUT2D eigenvalue weighted by Gasteiger charge is -2.04. The van der Waals surface area contributed by atoms with E-state index in [9.17, 15) is 0 Å². The van der Waals surface area contributed by atoms with Crippen LogP contribution in [0, 0.1) is 10.8 Å². The Morgan fingerprint density at radius 2 is 2.23 bits per heavy atom. The summed E-state index contributed by atoms with van der Waals surface area (Å²) in [6.07, 6.45) is 2.02. The summed E-state index contributed by atoms with van der Waals surface area (Å²) >= 11 is 4.74. The van der Waals surface area contributed by atoms with Crippen molar-refractivity contribution >= 4 is 27.7 Å². The van der Waals surface area contributed by atoms with Crippen LogP contribution in [-0.4, -0.2) is 13.4 Å². The van der Waals surface area contributed by atoms with Crippen molar-refractivity contribution in [1.82, 2.24) is 0 Å². The third-order valence-electron chi connectivity index (χ3n) is 1.59. The van der Waals surface area contributed by atoms with Crippen LogP contribution >= 0.6 is 27.7 Å². The van der Waals surface area contributed by atoms with Gasteiger partial charge < -0.3 is 4.74 Å². The molecule has 0 aromatic heterocycles. The Balaban J connectivity index is 3.13. The quantitative estimate of drug-likeness (QED) is 0.594. The van der Waals surface area contributed by atoms with Crippen molar-refractivity contribution in [3.8, 4) is 16.5 Å². The number of hydrogen-bond donors (Lipinski definition) is 0. The predicted molar refractivity (Wildman–Crippen MR) is 60.6 cm³/mol. The van der Waals surface area contributed by atoms with Crippen LogP contribution in [0.3, 0.4) is 0 Å². The second kappa shape index (κ2) is 5.21. The Morgan fingerprint density at radius 3 is 2.77 bits per heavy atom. The van der Waals surface area contributed by atoms with E-state index in [0.717, 1.165) is 16.2 Å². The van der Waals surface area contributed by atoms with Gasteiger partial charge in [0.15, 0.2) is 0 Å². The molecule has 0 spiro atoms. The molecule has 0 atom stereocenters. The SMILES string of the molecule is COc1ccc(C#CBr)c(SC)c1. The fourth-order valence-electron chi connectivity index (χ4n) is 0.953. The van der Waals surface area contributed by atoms with Gasteiger partial charge in [-0.25, -0.2) is 0 Å². The highest BCUT2D eigenvalue weighted by Crippen LogP contribution is 2.24. The summed E-state index contributed by atoms with van der Waals surface area (Å²) in [4.78, 5) is 3.84. The largest absolute Gasteiger partial charge is 0.497 e. The molecule has 0 saturated carbocycles. The second-order valence-electron chi connectivity index (χ2n) is 2.29. The summed E-state index contributed by atoms with van der Waals surface area (Å²) in [7, 11) is 1.66. The van der Waals surface area contributed by atoms with Gasteiger partial charge in [0.1, 0.15) is 5.75 Å². The molecule has 1 rings (SSSR count). The predicted octanol–water partition coefficient (Wildman–Crippen LogP) is 3.12. The number of halogens is 1. The van der Waals surface area contributed by atoms with Crippen LogP contribution in [0.4, 0.5) is 0 Å². The first-order valence-electron chi connectivity index (χ1n) is 3.65. The first-order chi connectivity index (χ1) is 6.31. The smallest absolute Gasteiger partial charge is 0.120 e. The Kier molecular flexibility index (Phi) is 4.20. The normalized spacial score (nSPS) is 8.85. The molecule has 0 aliphatic carbocycles. The number of methoxy groups -OCH3 is 1. The van der Waals surface area contributed by atoms with Gasteiger partial charge in [-0.3, -0.25) is 0 Å². The number of ether oxygens (including phenoxy) is 1. The molecule has 0 saturated heterocycles. The zero-order chi connectivity index (χ0) is 9.68. The first-order valence-corrected chi connectivity index (χ1v) is 5.67. The van der Waals surface area contributed by atoms with Crippen LogP contribution in [0.15, 0.2) is 23.1 Å². The van der Waals surface area contributed by atoms with Crippen LogP contribution in [0.1, 0.15) is 5.56 Å². The summed E-state index contributed by atoms with van der Waals surface area (Å²) in [6.45, 7) is 0. The number of rotatable bonds is 2. The van der Waals surface area contributed by atoms with E-state index in [1.807, 2.05) is 24.5 Å². The summed E-state index contributed by atoms with van der Waals surface area (Å²) in [5.74, 6) is 3.83. The van der Waals surface area contributed by atoms with Gasteiger partial charge >= 0.3 is 0 Å². The lowest BCUT2D eigenvalue weighted by atomic mass is 10.2. The van der Waals surface area contributed by atoms with Crippen LogP contribution in [0.5, 0.6) is 5.75 Å². The Hall–Kier alpha value is -0.590. The summed E-state index contributed by atoms with van der Waals surface area (Å²) in [6, 6.07) is 5.85. The van der Waals surface area contributed by atoms with Crippen LogP contribution in [0.2, 0.25) is 0 Å². The van der Waals surface area contributed by atoms with E-state index < -0.39 is 0 Å². The number of hydrogen-bond acceptors (Lipinski definition) is 2. The Labute approximate surface area is 91.0 Å². The molecule has 68 valence electrons. The van der Waals surface area contributed by atoms with E-state index in [-0.39, 0.29) is 0 Å². The zero-order valence-electron chi connectivity index (χ0n) is 7.43. The molecule has 3 heteroatoms. The second-order valence-corrected chi connectivity index (χ2v) is 3.53. The molecular weight excluding hydrogens is 248 g/mol. The third-order valence-corrected chi connectivity index (χ3v) is 2.57. The minimum absolute atomic E-state index is 0.865. The van der Waals surface area contributed by atoms with E-state index in [1.54, 1.807) is 18.9 Å². The maximum atomic E-state index is 5.12. The summed E-state index contributed by atoms with van der Waals surface area (Å²) in [5, 5.41) is 0. The molecule has 0 aliphatic rings. The van der Waals surface area contributed by atoms with E-state index in [0.29, 0.717) is 0 Å². The van der Waals surface area contributed by atoms with E-state index >= 15 is 0 Å². The van der Waals surface area contributed by atoms with Gasteiger partial charge in [0.2, 0.25) is 0 Å². The number of thioether (sulfide) groups is 1. The molecular formula is C10H9BrOS. The van der Waals surface area contributed by atoms with Gasteiger partial charge in [-0.2, -0.15) is 0 Å². The fourth-order valence-corrected chi connectivity index (χ4v) is 1.74. The van der Waals surface area contributed by atoms with Crippen molar-refractivity contribution in [2.45, 2.75) is 4.90 Å². The highest BCUT2D eigenvalue weighted by Gasteiger charge is 2.00. The van der Waals surface area contributed by atoms with Crippen LogP contribution in [0.25, 0.3) is 0 Å². The molecule has 0 bridgehead atoms. The van der Waals surface area contributed by atoms with Crippen molar-refractivity contribution in [2.75, 3.05) is 13.4 Å². The fraction of sp³-hybridized carbons (Fsp3) is 0.200. The van der Waals surface area contributed by atoms with Crippen molar-refractivity contribution < 1.29 is 4.74 Å². The molecule has 0 fully saturated rings. The average Bonchev–Trinajstić information content (AvgIpc) is 2.19. The standard InChI is InChI=1S/C10H9BrOS/c1-12-9-4-3-8(5-6-11)10(7-9)13-2/h3-4,7H,1-2H3. The lowest BCUT2D eigenvalue weighted by molar-refractivity contribution is 0.413. The monoisotopic (exact) mass is 256 g/mol. The van der Waals surface area contributed by atoms with Gasteiger partial charge in [0.25, 0.3) is 0 Å². The minimum atomic E-state index is 0.865. The van der Waals surface area contributed by atoms with Gasteiger partial charge in [-0.15, -0.1) is 11.8 Å². The van der Waals surface area contributed by atoms with E-state index in [1.165, 1.54) is 0 Å². The molecule has 1 aromatic carbocycles. The third kappa shape index (κ3) is 2.68. The molecule has 0 N–H and O–H groups in total. The molecule has 0 aliphatic heterocycles. The van der Waals surface area contributed by atoms with Crippen molar-refractivity contribution in [3.05, 3.63) is 23.8 Å². The molecule has 13 heavy (non-hydrogen) atoms. The highest BCUT2D eigenvalue weighted by atomic mass is 79.9. The van der Waals surface area contributed by atoms with Gasteiger partial charge in [-0.05, 0) is 29.3 Å². The van der Waals surface area contributed by atoms with Crippen molar-refractivity contribution in [3.63, 3.8) is 0 Å². The molecule has 0 radical (unpaired) electrons. The Bertz CT molecular complexity index is 352. The lowest BCUT2D eigenvalue weighted by Crippen LogP contribution is -1.85.